The molecule has 0 spiro atoms. The first kappa shape index (κ1) is 12.5. The van der Waals surface area contributed by atoms with E-state index in [1.54, 1.807) is 17.8 Å². The maximum absolute atomic E-state index is 12.4. The second kappa shape index (κ2) is 4.40. The molecule has 0 unspecified atom stereocenters. The molecule has 17 heavy (non-hydrogen) atoms. The third-order valence-electron chi connectivity index (χ3n) is 3.09. The smallest absolute Gasteiger partial charge is 0.277 e. The van der Waals surface area contributed by atoms with E-state index < -0.39 is 10.0 Å². The highest BCUT2D eigenvalue weighted by atomic mass is 32.2. The second-order valence-electron chi connectivity index (χ2n) is 4.55. The number of likely N-dealkylation sites (N-methyl/N-ethyl adjacent to an activating group) is 1. The second-order valence-corrected chi connectivity index (χ2v) is 6.33. The largest absolute Gasteiger partial charge is 0.324 e. The Labute approximate surface area is 102 Å². The zero-order chi connectivity index (χ0) is 12.6. The summed E-state index contributed by atoms with van der Waals surface area (Å²) in [6.45, 7) is 3.96. The van der Waals surface area contributed by atoms with Crippen LogP contribution in [0, 0.1) is 0 Å². The van der Waals surface area contributed by atoms with Gasteiger partial charge >= 0.3 is 0 Å². The molecule has 1 aliphatic rings. The molecule has 1 fully saturated rings. The van der Waals surface area contributed by atoms with E-state index >= 15 is 0 Å². The van der Waals surface area contributed by atoms with Crippen molar-refractivity contribution in [2.24, 2.45) is 7.05 Å². The molecule has 0 aliphatic carbocycles. The Balaban J connectivity index is 2.31. The number of aryl methyl sites for hydroxylation is 1. The molecule has 0 bridgehead atoms. The average molecular weight is 258 g/mol. The fourth-order valence-corrected chi connectivity index (χ4v) is 3.88. The van der Waals surface area contributed by atoms with Crippen molar-refractivity contribution < 1.29 is 8.42 Å². The quantitative estimate of drug-likeness (QED) is 0.733. The van der Waals surface area contributed by atoms with Crippen LogP contribution in [0.25, 0.3) is 0 Å². The molecule has 7 heteroatoms. The first-order chi connectivity index (χ1) is 7.93. The Morgan fingerprint density at radius 1 is 1.35 bits per heavy atom. The standard InChI is InChI=1S/C10H18N4O2S/c1-9-8-12(2)6-7-14(9)17(15,16)10-11-4-5-13(10)3/h4-5,9H,6-8H2,1-3H3/t9-/m1/s1. The van der Waals surface area contributed by atoms with Gasteiger partial charge in [0.1, 0.15) is 0 Å². The Morgan fingerprint density at radius 2 is 2.06 bits per heavy atom. The van der Waals surface area contributed by atoms with Gasteiger partial charge in [-0.05, 0) is 14.0 Å². The summed E-state index contributed by atoms with van der Waals surface area (Å²) in [6, 6.07) is -0.0181. The van der Waals surface area contributed by atoms with Crippen molar-refractivity contribution in [2.45, 2.75) is 18.1 Å². The monoisotopic (exact) mass is 258 g/mol. The number of sulfonamides is 1. The average Bonchev–Trinajstić information content (AvgIpc) is 2.64. The van der Waals surface area contributed by atoms with E-state index in [1.165, 1.54) is 10.5 Å². The van der Waals surface area contributed by atoms with E-state index in [-0.39, 0.29) is 11.2 Å². The summed E-state index contributed by atoms with van der Waals surface area (Å²) in [6.07, 6.45) is 3.15. The van der Waals surface area contributed by atoms with Crippen molar-refractivity contribution in [1.29, 1.82) is 0 Å². The van der Waals surface area contributed by atoms with E-state index in [1.807, 2.05) is 14.0 Å². The van der Waals surface area contributed by atoms with E-state index in [9.17, 15) is 8.42 Å². The first-order valence-electron chi connectivity index (χ1n) is 5.60. The van der Waals surface area contributed by atoms with Gasteiger partial charge in [0, 0.05) is 45.1 Å². The van der Waals surface area contributed by atoms with Gasteiger partial charge in [0.2, 0.25) is 5.16 Å². The van der Waals surface area contributed by atoms with Crippen LogP contribution in [0.15, 0.2) is 17.6 Å². The Hall–Kier alpha value is -0.920. The molecule has 2 rings (SSSR count). The number of hydrogen-bond acceptors (Lipinski definition) is 4. The molecule has 6 nitrogen and oxygen atoms in total. The normalized spacial score (nSPS) is 24.1. The minimum absolute atomic E-state index is 0.0181. The first-order valence-corrected chi connectivity index (χ1v) is 7.04. The van der Waals surface area contributed by atoms with Gasteiger partial charge in [0.05, 0.1) is 0 Å². The van der Waals surface area contributed by atoms with E-state index in [2.05, 4.69) is 9.88 Å². The van der Waals surface area contributed by atoms with Crippen LogP contribution in [0.2, 0.25) is 0 Å². The SMILES string of the molecule is C[C@@H]1CN(C)CCN1S(=O)(=O)c1nccn1C. The van der Waals surface area contributed by atoms with Crippen molar-refractivity contribution in [2.75, 3.05) is 26.7 Å². The van der Waals surface area contributed by atoms with Crippen molar-refractivity contribution >= 4 is 10.0 Å². The number of aromatic nitrogens is 2. The molecule has 0 aromatic carbocycles. The molecule has 1 saturated heterocycles. The van der Waals surface area contributed by atoms with Crippen LogP contribution >= 0.6 is 0 Å². The van der Waals surface area contributed by atoms with Gasteiger partial charge in [-0.3, -0.25) is 0 Å². The predicted octanol–water partition coefficient (Wildman–Crippen LogP) is -0.255. The highest BCUT2D eigenvalue weighted by molar-refractivity contribution is 7.89. The summed E-state index contributed by atoms with van der Waals surface area (Å²) in [4.78, 5) is 6.07. The van der Waals surface area contributed by atoms with Crippen LogP contribution in [0.3, 0.4) is 0 Å². The lowest BCUT2D eigenvalue weighted by atomic mass is 10.2. The highest BCUT2D eigenvalue weighted by Crippen LogP contribution is 2.18. The van der Waals surface area contributed by atoms with Crippen LogP contribution in [0.1, 0.15) is 6.92 Å². The van der Waals surface area contributed by atoms with Crippen molar-refractivity contribution in [1.82, 2.24) is 18.8 Å². The van der Waals surface area contributed by atoms with Crippen LogP contribution in [0.4, 0.5) is 0 Å². The Morgan fingerprint density at radius 3 is 2.59 bits per heavy atom. The van der Waals surface area contributed by atoms with Crippen LogP contribution < -0.4 is 0 Å². The van der Waals surface area contributed by atoms with Gasteiger partial charge in [-0.15, -0.1) is 0 Å². The number of imidazole rings is 1. The van der Waals surface area contributed by atoms with Gasteiger partial charge in [-0.2, -0.15) is 4.31 Å². The number of piperazine rings is 1. The zero-order valence-electron chi connectivity index (χ0n) is 10.4. The van der Waals surface area contributed by atoms with Crippen molar-refractivity contribution in [3.8, 4) is 0 Å². The van der Waals surface area contributed by atoms with Gasteiger partial charge in [0.25, 0.3) is 10.0 Å². The highest BCUT2D eigenvalue weighted by Gasteiger charge is 2.34. The molecule has 0 N–H and O–H groups in total. The third-order valence-corrected chi connectivity index (χ3v) is 5.10. The number of rotatable bonds is 2. The summed E-state index contributed by atoms with van der Waals surface area (Å²) in [5.74, 6) is 0. The van der Waals surface area contributed by atoms with Gasteiger partial charge in [-0.1, -0.05) is 0 Å². The maximum Gasteiger partial charge on any atom is 0.277 e. The predicted molar refractivity (Wildman–Crippen MR) is 64.1 cm³/mol. The number of hydrogen-bond donors (Lipinski definition) is 0. The lowest BCUT2D eigenvalue weighted by Gasteiger charge is -2.36. The summed E-state index contributed by atoms with van der Waals surface area (Å²) < 4.78 is 27.9. The van der Waals surface area contributed by atoms with Crippen molar-refractivity contribution in [3.05, 3.63) is 12.4 Å². The summed E-state index contributed by atoms with van der Waals surface area (Å²) >= 11 is 0. The molecule has 0 saturated carbocycles. The lowest BCUT2D eigenvalue weighted by Crippen LogP contribution is -2.52. The number of nitrogens with zero attached hydrogens (tertiary/aromatic N) is 4. The molecule has 0 amide bonds. The van der Waals surface area contributed by atoms with E-state index in [4.69, 9.17) is 0 Å². The van der Waals surface area contributed by atoms with E-state index in [0.29, 0.717) is 6.54 Å². The van der Waals surface area contributed by atoms with Crippen LogP contribution in [0.5, 0.6) is 0 Å². The topological polar surface area (TPSA) is 58.4 Å². The van der Waals surface area contributed by atoms with Gasteiger partial charge in [0.15, 0.2) is 0 Å². The molecule has 1 aromatic rings. The van der Waals surface area contributed by atoms with E-state index in [0.717, 1.165) is 13.1 Å². The summed E-state index contributed by atoms with van der Waals surface area (Å²) in [7, 11) is 0.233. The molecule has 1 atom stereocenters. The van der Waals surface area contributed by atoms with Gasteiger partial charge in [-0.25, -0.2) is 13.4 Å². The third kappa shape index (κ3) is 2.22. The molecule has 1 aliphatic heterocycles. The maximum atomic E-state index is 12.4. The van der Waals surface area contributed by atoms with Crippen LogP contribution in [-0.2, 0) is 17.1 Å². The van der Waals surface area contributed by atoms with Gasteiger partial charge < -0.3 is 9.47 Å². The summed E-state index contributed by atoms with van der Waals surface area (Å²) in [5, 5.41) is 0.119. The fourth-order valence-electron chi connectivity index (χ4n) is 2.19. The Bertz CT molecular complexity index is 496. The molecular weight excluding hydrogens is 240 g/mol. The fraction of sp³-hybridized carbons (Fsp3) is 0.700. The molecule has 2 heterocycles. The molecule has 0 radical (unpaired) electrons. The summed E-state index contributed by atoms with van der Waals surface area (Å²) in [5.41, 5.74) is 0. The van der Waals surface area contributed by atoms with Crippen molar-refractivity contribution in [3.63, 3.8) is 0 Å². The molecular formula is C10H18N4O2S. The Kier molecular flexibility index (Phi) is 3.24. The molecule has 1 aromatic heterocycles. The minimum atomic E-state index is -3.46. The lowest BCUT2D eigenvalue weighted by molar-refractivity contribution is 0.169. The molecule has 96 valence electrons. The minimum Gasteiger partial charge on any atom is -0.324 e. The zero-order valence-corrected chi connectivity index (χ0v) is 11.2. The van der Waals surface area contributed by atoms with Crippen LogP contribution in [-0.4, -0.2) is 59.9 Å².